The van der Waals surface area contributed by atoms with Gasteiger partial charge in [0.25, 0.3) is 5.91 Å². The number of aromatic nitrogens is 1. The van der Waals surface area contributed by atoms with Crippen LogP contribution in [-0.4, -0.2) is 78.8 Å². The zero-order valence-corrected chi connectivity index (χ0v) is 19.4. The number of benzene rings is 2. The Bertz CT molecular complexity index is 1180. The zero-order chi connectivity index (χ0) is 23.5. The summed E-state index contributed by atoms with van der Waals surface area (Å²) in [5, 5.41) is 14.8. The van der Waals surface area contributed by atoms with Crippen molar-refractivity contribution in [2.45, 2.75) is 12.5 Å². The van der Waals surface area contributed by atoms with Gasteiger partial charge >= 0.3 is 0 Å². The number of pyridine rings is 1. The van der Waals surface area contributed by atoms with Gasteiger partial charge < -0.3 is 24.8 Å². The summed E-state index contributed by atoms with van der Waals surface area (Å²) in [6, 6.07) is 13.8. The third-order valence-electron chi connectivity index (χ3n) is 6.62. The van der Waals surface area contributed by atoms with Gasteiger partial charge in [0, 0.05) is 44.7 Å². The van der Waals surface area contributed by atoms with Crippen LogP contribution in [-0.2, 0) is 11.2 Å². The number of ether oxygens (including phenoxy) is 2. The Morgan fingerprint density at radius 1 is 1.15 bits per heavy atom. The summed E-state index contributed by atoms with van der Waals surface area (Å²) in [5.41, 5.74) is 3.68. The number of aliphatic hydroxyl groups is 1. The van der Waals surface area contributed by atoms with Crippen LogP contribution >= 0.6 is 0 Å². The largest absolute Gasteiger partial charge is 0.495 e. The molecule has 0 radical (unpaired) electrons. The maximum atomic E-state index is 11.6. The van der Waals surface area contributed by atoms with Crippen molar-refractivity contribution in [3.05, 3.63) is 59.8 Å². The Kier molecular flexibility index (Phi) is 6.62. The first kappa shape index (κ1) is 22.6. The molecule has 3 aromatic rings. The smallest absolute Gasteiger partial charge is 0.262 e. The van der Waals surface area contributed by atoms with Crippen molar-refractivity contribution in [1.29, 1.82) is 0 Å². The van der Waals surface area contributed by atoms with E-state index in [1.165, 1.54) is 5.56 Å². The van der Waals surface area contributed by atoms with Gasteiger partial charge in [0.1, 0.15) is 11.5 Å². The van der Waals surface area contributed by atoms with Crippen molar-refractivity contribution in [2.75, 3.05) is 58.3 Å². The molecule has 0 saturated carbocycles. The number of methoxy groups -OCH3 is 1. The Morgan fingerprint density at radius 2 is 1.97 bits per heavy atom. The van der Waals surface area contributed by atoms with Gasteiger partial charge in [0.15, 0.2) is 6.61 Å². The van der Waals surface area contributed by atoms with Gasteiger partial charge in [-0.2, -0.15) is 0 Å². The van der Waals surface area contributed by atoms with Crippen molar-refractivity contribution in [3.63, 3.8) is 0 Å². The lowest BCUT2D eigenvalue weighted by molar-refractivity contribution is -0.118. The van der Waals surface area contributed by atoms with Crippen LogP contribution in [0.25, 0.3) is 10.9 Å². The highest BCUT2D eigenvalue weighted by Crippen LogP contribution is 2.29. The van der Waals surface area contributed by atoms with Crippen LogP contribution in [0.2, 0.25) is 0 Å². The Balaban J connectivity index is 1.14. The van der Waals surface area contributed by atoms with E-state index in [4.69, 9.17) is 9.47 Å². The minimum atomic E-state index is -0.586. The highest BCUT2D eigenvalue weighted by molar-refractivity contribution is 5.95. The molecule has 1 saturated heterocycles. The van der Waals surface area contributed by atoms with Gasteiger partial charge in [-0.1, -0.05) is 18.2 Å². The summed E-state index contributed by atoms with van der Waals surface area (Å²) in [7, 11) is 1.62. The topological polar surface area (TPSA) is 87.2 Å². The molecule has 178 valence electrons. The van der Waals surface area contributed by atoms with Crippen molar-refractivity contribution in [3.8, 4) is 11.5 Å². The molecule has 0 spiro atoms. The Morgan fingerprint density at radius 3 is 2.79 bits per heavy atom. The fourth-order valence-corrected chi connectivity index (χ4v) is 4.67. The van der Waals surface area contributed by atoms with E-state index in [0.29, 0.717) is 12.3 Å². The van der Waals surface area contributed by atoms with E-state index in [0.717, 1.165) is 67.0 Å². The molecule has 2 aliphatic heterocycles. The summed E-state index contributed by atoms with van der Waals surface area (Å²) < 4.78 is 10.8. The van der Waals surface area contributed by atoms with E-state index < -0.39 is 6.10 Å². The predicted molar refractivity (Wildman–Crippen MR) is 130 cm³/mol. The first-order chi connectivity index (χ1) is 16.6. The van der Waals surface area contributed by atoms with E-state index in [1.54, 1.807) is 13.3 Å². The van der Waals surface area contributed by atoms with Crippen LogP contribution in [0.3, 0.4) is 0 Å². The van der Waals surface area contributed by atoms with Crippen molar-refractivity contribution < 1.29 is 19.4 Å². The number of aliphatic hydroxyl groups excluding tert-OH is 1. The molecule has 2 aliphatic rings. The van der Waals surface area contributed by atoms with Crippen LogP contribution in [0, 0.1) is 0 Å². The number of fused-ring (bicyclic) bond motifs is 2. The summed E-state index contributed by atoms with van der Waals surface area (Å²) in [4.78, 5) is 20.8. The third kappa shape index (κ3) is 4.99. The standard InChI is InChI=1S/C26H30N4O4/c1-33-19-14-21-20(3-2-4-22(21)27-15-19)24(31)16-30-11-9-29(10-12-30)8-7-18-5-6-25-23(13-18)28-26(32)17-34-25/h2-6,13-15,24,31H,7-12,16-17H2,1H3,(H,28,32). The van der Waals surface area contributed by atoms with E-state index in [2.05, 4.69) is 26.2 Å². The second kappa shape index (κ2) is 9.97. The highest BCUT2D eigenvalue weighted by atomic mass is 16.5. The second-order valence-electron chi connectivity index (χ2n) is 8.86. The van der Waals surface area contributed by atoms with Gasteiger partial charge in [-0.15, -0.1) is 0 Å². The van der Waals surface area contributed by atoms with E-state index in [-0.39, 0.29) is 12.5 Å². The Hall–Kier alpha value is -3.20. The predicted octanol–water partition coefficient (Wildman–Crippen LogP) is 2.47. The number of carbonyl (C=O) groups excluding carboxylic acids is 1. The van der Waals surface area contributed by atoms with E-state index in [1.807, 2.05) is 36.4 Å². The molecular weight excluding hydrogens is 432 g/mol. The van der Waals surface area contributed by atoms with Crippen molar-refractivity contribution in [2.24, 2.45) is 0 Å². The average Bonchev–Trinajstić information content (AvgIpc) is 2.87. The van der Waals surface area contributed by atoms with Crippen molar-refractivity contribution in [1.82, 2.24) is 14.8 Å². The van der Waals surface area contributed by atoms with E-state index in [9.17, 15) is 9.90 Å². The minimum absolute atomic E-state index is 0.0803. The van der Waals surface area contributed by atoms with Gasteiger partial charge in [0.05, 0.1) is 30.6 Å². The van der Waals surface area contributed by atoms with Gasteiger partial charge in [-0.05, 0) is 41.8 Å². The normalized spacial score (nSPS) is 17.6. The molecule has 5 rings (SSSR count). The summed E-state index contributed by atoms with van der Waals surface area (Å²) in [6.07, 6.45) is 2.03. The molecule has 1 aromatic heterocycles. The fraction of sp³-hybridized carbons (Fsp3) is 0.385. The molecule has 2 aromatic carbocycles. The maximum Gasteiger partial charge on any atom is 0.262 e. The lowest BCUT2D eigenvalue weighted by Gasteiger charge is -2.35. The van der Waals surface area contributed by atoms with Crippen LogP contribution in [0.4, 0.5) is 5.69 Å². The molecule has 1 unspecified atom stereocenters. The van der Waals surface area contributed by atoms with Crippen molar-refractivity contribution >= 4 is 22.5 Å². The molecule has 2 N–H and O–H groups in total. The van der Waals surface area contributed by atoms with Gasteiger partial charge in [-0.25, -0.2) is 0 Å². The first-order valence-electron chi connectivity index (χ1n) is 11.7. The molecule has 1 fully saturated rings. The number of nitrogens with one attached hydrogen (secondary N) is 1. The number of anilines is 1. The Labute approximate surface area is 199 Å². The SMILES string of the molecule is COc1cnc2cccc(C(O)CN3CCN(CCc4ccc5c(c4)NC(=O)CO5)CC3)c2c1. The second-order valence-corrected chi connectivity index (χ2v) is 8.86. The number of nitrogens with zero attached hydrogens (tertiary/aromatic N) is 3. The maximum absolute atomic E-state index is 11.6. The molecule has 1 atom stereocenters. The summed E-state index contributed by atoms with van der Waals surface area (Å²) in [6.45, 7) is 5.38. The number of rotatable bonds is 7. The quantitative estimate of drug-likeness (QED) is 0.558. The molecule has 8 nitrogen and oxygen atoms in total. The number of hydrogen-bond acceptors (Lipinski definition) is 7. The lowest BCUT2D eigenvalue weighted by atomic mass is 10.0. The lowest BCUT2D eigenvalue weighted by Crippen LogP contribution is -2.47. The minimum Gasteiger partial charge on any atom is -0.495 e. The molecule has 8 heteroatoms. The number of amides is 1. The highest BCUT2D eigenvalue weighted by Gasteiger charge is 2.22. The number of piperazine rings is 1. The fourth-order valence-electron chi connectivity index (χ4n) is 4.67. The number of hydrogen-bond donors (Lipinski definition) is 2. The average molecular weight is 463 g/mol. The van der Waals surface area contributed by atoms with Crippen LogP contribution in [0.1, 0.15) is 17.2 Å². The molecule has 1 amide bonds. The molecule has 3 heterocycles. The molecular formula is C26H30N4O4. The summed E-state index contributed by atoms with van der Waals surface area (Å²) >= 11 is 0. The molecule has 34 heavy (non-hydrogen) atoms. The van der Waals surface area contributed by atoms with Crippen LogP contribution in [0.15, 0.2) is 48.7 Å². The third-order valence-corrected chi connectivity index (χ3v) is 6.62. The molecule has 0 bridgehead atoms. The van der Waals surface area contributed by atoms with Gasteiger partial charge in [0.2, 0.25) is 0 Å². The molecule has 0 aliphatic carbocycles. The zero-order valence-electron chi connectivity index (χ0n) is 19.4. The van der Waals surface area contributed by atoms with Crippen LogP contribution in [0.5, 0.6) is 11.5 Å². The number of carbonyl (C=O) groups is 1. The number of β-amino-alcohol motifs (C(OH)–C–C–N with tert-alkyl or cyclic N) is 1. The van der Waals surface area contributed by atoms with Crippen LogP contribution < -0.4 is 14.8 Å². The monoisotopic (exact) mass is 462 g/mol. The first-order valence-corrected chi connectivity index (χ1v) is 11.7. The summed E-state index contributed by atoms with van der Waals surface area (Å²) in [5.74, 6) is 1.31. The van der Waals surface area contributed by atoms with E-state index >= 15 is 0 Å². The van der Waals surface area contributed by atoms with Gasteiger partial charge in [-0.3, -0.25) is 14.7 Å².